The first kappa shape index (κ1) is 31.2. The molecule has 0 bridgehead atoms. The molecule has 0 aliphatic carbocycles. The average molecular weight is 652 g/mol. The van der Waals surface area contributed by atoms with Gasteiger partial charge in [0.15, 0.2) is 5.60 Å². The van der Waals surface area contributed by atoms with Gasteiger partial charge in [0.1, 0.15) is 5.76 Å². The summed E-state index contributed by atoms with van der Waals surface area (Å²) in [5, 5.41) is 2.55. The molecule has 220 valence electrons. The Morgan fingerprint density at radius 3 is 1.58 bits per heavy atom. The fraction of sp³-hybridized carbons (Fsp3) is 0.194. The monoisotopic (exact) mass is 650 g/mol. The third-order valence-corrected chi connectivity index (χ3v) is 8.70. The Morgan fingerprint density at radius 2 is 1.16 bits per heavy atom. The van der Waals surface area contributed by atoms with Crippen molar-refractivity contribution < 1.29 is 14.3 Å². The normalized spacial score (nSPS) is 15.6. The standard InChI is InChI=1S/C36H30Cl4O3/c1-3-42-35(41)34-23(2)43-36(26-11-19-30(39)20-12-26,27-13-21-31(40)22-14-27)33(34)6-4-5-32(24-7-15-28(37)16-8-24)25-9-17-29(38)18-10-25/h5,7-22,33H,3-4,6H2,1-2H3. The molecule has 3 nitrogen and oxygen atoms in total. The van der Waals surface area contributed by atoms with E-state index >= 15 is 0 Å². The van der Waals surface area contributed by atoms with Crippen LogP contribution in [0.5, 0.6) is 0 Å². The summed E-state index contributed by atoms with van der Waals surface area (Å²) in [6.07, 6.45) is 3.41. The van der Waals surface area contributed by atoms with Crippen LogP contribution in [0, 0.1) is 5.92 Å². The van der Waals surface area contributed by atoms with E-state index in [0.29, 0.717) is 44.3 Å². The molecule has 1 aliphatic rings. The van der Waals surface area contributed by atoms with Gasteiger partial charge in [-0.25, -0.2) is 4.79 Å². The maximum Gasteiger partial charge on any atom is 0.337 e. The lowest BCUT2D eigenvalue weighted by atomic mass is 9.72. The van der Waals surface area contributed by atoms with E-state index in [0.717, 1.165) is 27.8 Å². The average Bonchev–Trinajstić information content (AvgIpc) is 3.30. The van der Waals surface area contributed by atoms with Crippen LogP contribution in [0.2, 0.25) is 20.1 Å². The smallest absolute Gasteiger partial charge is 0.337 e. The topological polar surface area (TPSA) is 35.5 Å². The highest BCUT2D eigenvalue weighted by molar-refractivity contribution is 6.31. The first-order valence-electron chi connectivity index (χ1n) is 14.0. The Morgan fingerprint density at radius 1 is 0.744 bits per heavy atom. The Balaban J connectivity index is 1.62. The summed E-state index contributed by atoms with van der Waals surface area (Å²) in [4.78, 5) is 13.5. The fourth-order valence-electron chi connectivity index (χ4n) is 5.80. The summed E-state index contributed by atoms with van der Waals surface area (Å²) in [5.74, 6) is -0.218. The van der Waals surface area contributed by atoms with Crippen molar-refractivity contribution >= 4 is 57.9 Å². The zero-order valence-corrected chi connectivity index (χ0v) is 26.8. The van der Waals surface area contributed by atoms with Crippen LogP contribution in [-0.2, 0) is 19.9 Å². The van der Waals surface area contributed by atoms with E-state index in [2.05, 4.69) is 6.08 Å². The van der Waals surface area contributed by atoms with Crippen LogP contribution in [0.3, 0.4) is 0 Å². The fourth-order valence-corrected chi connectivity index (χ4v) is 6.30. The van der Waals surface area contributed by atoms with Crippen molar-refractivity contribution in [1.82, 2.24) is 0 Å². The van der Waals surface area contributed by atoms with Crippen LogP contribution in [0.25, 0.3) is 5.57 Å². The highest BCUT2D eigenvalue weighted by atomic mass is 35.5. The number of halogens is 4. The molecule has 4 aromatic rings. The molecule has 1 heterocycles. The minimum Gasteiger partial charge on any atom is -0.481 e. The maximum atomic E-state index is 13.5. The number of rotatable bonds is 9. The van der Waals surface area contributed by atoms with E-state index in [4.69, 9.17) is 55.9 Å². The Hall–Kier alpha value is -3.21. The number of benzene rings is 4. The van der Waals surface area contributed by atoms with Crippen LogP contribution < -0.4 is 0 Å². The van der Waals surface area contributed by atoms with E-state index in [1.54, 1.807) is 6.92 Å². The molecule has 7 heteroatoms. The predicted octanol–water partition coefficient (Wildman–Crippen LogP) is 10.9. The molecule has 0 saturated heterocycles. The first-order valence-corrected chi connectivity index (χ1v) is 15.5. The van der Waals surface area contributed by atoms with Crippen LogP contribution in [-0.4, -0.2) is 12.6 Å². The van der Waals surface area contributed by atoms with Crippen molar-refractivity contribution in [1.29, 1.82) is 0 Å². The first-order chi connectivity index (χ1) is 20.7. The number of ether oxygens (including phenoxy) is 2. The van der Waals surface area contributed by atoms with Crippen LogP contribution in [0.4, 0.5) is 0 Å². The molecule has 0 radical (unpaired) electrons. The van der Waals surface area contributed by atoms with Gasteiger partial charge in [0.2, 0.25) is 0 Å². The third kappa shape index (κ3) is 6.66. The second-order valence-corrected chi connectivity index (χ2v) is 12.0. The number of carbonyl (C=O) groups excluding carboxylic acids is 1. The van der Waals surface area contributed by atoms with Gasteiger partial charge in [-0.1, -0.05) is 101 Å². The van der Waals surface area contributed by atoms with Gasteiger partial charge in [-0.3, -0.25) is 0 Å². The van der Waals surface area contributed by atoms with Crippen LogP contribution >= 0.6 is 46.4 Å². The van der Waals surface area contributed by atoms with E-state index < -0.39 is 5.60 Å². The molecule has 1 unspecified atom stereocenters. The molecule has 5 rings (SSSR count). The van der Waals surface area contributed by atoms with E-state index in [9.17, 15) is 4.79 Å². The van der Waals surface area contributed by atoms with Crippen molar-refractivity contribution in [3.05, 3.63) is 157 Å². The summed E-state index contributed by atoms with van der Waals surface area (Å²) < 4.78 is 12.3. The molecule has 0 spiro atoms. The zero-order chi connectivity index (χ0) is 30.6. The Kier molecular flexibility index (Phi) is 9.88. The highest BCUT2D eigenvalue weighted by Crippen LogP contribution is 2.53. The van der Waals surface area contributed by atoms with Crippen molar-refractivity contribution in [2.24, 2.45) is 5.92 Å². The van der Waals surface area contributed by atoms with Crippen LogP contribution in [0.15, 0.2) is 114 Å². The minimum atomic E-state index is -1.00. The molecular weight excluding hydrogens is 622 g/mol. The highest BCUT2D eigenvalue weighted by Gasteiger charge is 2.53. The number of hydrogen-bond donors (Lipinski definition) is 0. The van der Waals surface area contributed by atoms with Gasteiger partial charge in [0.25, 0.3) is 0 Å². The van der Waals surface area contributed by atoms with Gasteiger partial charge in [0.05, 0.1) is 12.2 Å². The number of carbonyl (C=O) groups is 1. The lowest BCUT2D eigenvalue weighted by Crippen LogP contribution is -2.37. The molecule has 43 heavy (non-hydrogen) atoms. The molecule has 4 aromatic carbocycles. The summed E-state index contributed by atoms with van der Waals surface area (Å²) in [5.41, 5.74) is 4.36. The van der Waals surface area contributed by atoms with E-state index in [1.807, 2.05) is 104 Å². The molecule has 1 aliphatic heterocycles. The largest absolute Gasteiger partial charge is 0.481 e. The van der Waals surface area contributed by atoms with E-state index in [1.165, 1.54) is 0 Å². The summed E-state index contributed by atoms with van der Waals surface area (Å²) in [6, 6.07) is 30.7. The summed E-state index contributed by atoms with van der Waals surface area (Å²) in [7, 11) is 0. The molecular formula is C36H30Cl4O3. The second-order valence-electron chi connectivity index (χ2n) is 10.3. The van der Waals surface area contributed by atoms with Crippen molar-refractivity contribution in [3.8, 4) is 0 Å². The minimum absolute atomic E-state index is 0.258. The third-order valence-electron chi connectivity index (χ3n) is 7.69. The van der Waals surface area contributed by atoms with Gasteiger partial charge >= 0.3 is 5.97 Å². The second kappa shape index (κ2) is 13.6. The van der Waals surface area contributed by atoms with Gasteiger partial charge < -0.3 is 9.47 Å². The quantitative estimate of drug-likeness (QED) is 0.169. The molecule has 0 N–H and O–H groups in total. The Labute approximate surface area is 272 Å². The zero-order valence-electron chi connectivity index (χ0n) is 23.8. The molecule has 0 fully saturated rings. The van der Waals surface area contributed by atoms with Crippen molar-refractivity contribution in [2.75, 3.05) is 6.61 Å². The van der Waals surface area contributed by atoms with Crippen molar-refractivity contribution in [3.63, 3.8) is 0 Å². The molecule has 0 saturated carbocycles. The van der Waals surface area contributed by atoms with Gasteiger partial charge in [-0.05, 0) is 91.9 Å². The molecule has 0 aromatic heterocycles. The maximum absolute atomic E-state index is 13.5. The van der Waals surface area contributed by atoms with Gasteiger partial charge in [-0.15, -0.1) is 0 Å². The lowest BCUT2D eigenvalue weighted by molar-refractivity contribution is -0.139. The summed E-state index contributed by atoms with van der Waals surface area (Å²) in [6.45, 7) is 3.89. The van der Waals surface area contributed by atoms with Crippen molar-refractivity contribution in [2.45, 2.75) is 32.3 Å². The summed E-state index contributed by atoms with van der Waals surface area (Å²) >= 11 is 25.0. The predicted molar refractivity (Wildman–Crippen MR) is 177 cm³/mol. The number of hydrogen-bond acceptors (Lipinski definition) is 3. The van der Waals surface area contributed by atoms with E-state index in [-0.39, 0.29) is 18.5 Å². The molecule has 1 atom stereocenters. The Bertz CT molecular complexity index is 1550. The van der Waals surface area contributed by atoms with Crippen LogP contribution in [0.1, 0.15) is 48.9 Å². The van der Waals surface area contributed by atoms with Gasteiger partial charge in [0, 0.05) is 37.1 Å². The lowest BCUT2D eigenvalue weighted by Gasteiger charge is -2.37. The molecule has 0 amide bonds. The number of allylic oxidation sites excluding steroid dienone is 2. The number of esters is 1. The SMILES string of the molecule is CCOC(=O)C1=C(C)OC(c2ccc(Cl)cc2)(c2ccc(Cl)cc2)C1CCC=C(c1ccc(Cl)cc1)c1ccc(Cl)cc1. The van der Waals surface area contributed by atoms with Gasteiger partial charge in [-0.2, -0.15) is 0 Å².